The zero-order chi connectivity index (χ0) is 19.1. The van der Waals surface area contributed by atoms with Gasteiger partial charge in [0.25, 0.3) is 5.91 Å². The minimum absolute atomic E-state index is 0.0515. The van der Waals surface area contributed by atoms with Crippen LogP contribution in [0.1, 0.15) is 40.4 Å². The number of hydrogen-bond donors (Lipinski definition) is 2. The van der Waals surface area contributed by atoms with E-state index < -0.39 is 11.7 Å². The molecular formula is C20H19FN6O. The number of amides is 1. The van der Waals surface area contributed by atoms with Crippen molar-refractivity contribution in [1.82, 2.24) is 25.5 Å². The van der Waals surface area contributed by atoms with Gasteiger partial charge in [0.05, 0.1) is 11.6 Å². The Morgan fingerprint density at radius 1 is 1.25 bits per heavy atom. The first-order chi connectivity index (χ1) is 13.7. The molecule has 1 amide bonds. The molecule has 5 rings (SSSR count). The third-order valence-corrected chi connectivity index (χ3v) is 5.22. The van der Waals surface area contributed by atoms with Crippen molar-refractivity contribution >= 4 is 11.6 Å². The maximum absolute atomic E-state index is 14.8. The van der Waals surface area contributed by atoms with Gasteiger partial charge in [0.15, 0.2) is 5.82 Å². The van der Waals surface area contributed by atoms with Crippen molar-refractivity contribution in [3.8, 4) is 11.4 Å². The van der Waals surface area contributed by atoms with Gasteiger partial charge in [0, 0.05) is 23.4 Å². The summed E-state index contributed by atoms with van der Waals surface area (Å²) in [6.45, 7) is 1.27. The Bertz CT molecular complexity index is 1060. The summed E-state index contributed by atoms with van der Waals surface area (Å²) in [6.07, 6.45) is 2.91. The number of hydrogen-bond acceptors (Lipinski definition) is 5. The lowest BCUT2D eigenvalue weighted by atomic mass is 9.97. The molecule has 2 aliphatic rings. The number of halogens is 1. The lowest BCUT2D eigenvalue weighted by Crippen LogP contribution is -2.26. The Morgan fingerprint density at radius 2 is 2.14 bits per heavy atom. The van der Waals surface area contributed by atoms with Gasteiger partial charge in [-0.2, -0.15) is 0 Å². The van der Waals surface area contributed by atoms with E-state index >= 15 is 0 Å². The van der Waals surface area contributed by atoms with Crippen molar-refractivity contribution in [1.29, 1.82) is 0 Å². The van der Waals surface area contributed by atoms with Gasteiger partial charge in [-0.05, 0) is 60.0 Å². The Balaban J connectivity index is 1.41. The number of aromatic nitrogens is 4. The average molecular weight is 378 g/mol. The highest BCUT2D eigenvalue weighted by atomic mass is 19.1. The molecule has 2 heterocycles. The molecule has 1 aliphatic carbocycles. The van der Waals surface area contributed by atoms with Crippen LogP contribution in [0.2, 0.25) is 0 Å². The maximum atomic E-state index is 14.8. The molecule has 2 N–H and O–H groups in total. The van der Waals surface area contributed by atoms with E-state index in [-0.39, 0.29) is 5.56 Å². The molecule has 8 heteroatoms. The van der Waals surface area contributed by atoms with Gasteiger partial charge >= 0.3 is 0 Å². The molecule has 1 aliphatic heterocycles. The van der Waals surface area contributed by atoms with Crippen LogP contribution in [0.3, 0.4) is 0 Å². The minimum Gasteiger partial charge on any atom is -0.322 e. The summed E-state index contributed by atoms with van der Waals surface area (Å²) in [4.78, 5) is 12.7. The first kappa shape index (κ1) is 17.0. The van der Waals surface area contributed by atoms with Crippen LogP contribution in [0.4, 0.5) is 10.1 Å². The highest BCUT2D eigenvalue weighted by Gasteiger charge is 2.28. The summed E-state index contributed by atoms with van der Waals surface area (Å²) < 4.78 is 16.6. The highest BCUT2D eigenvalue weighted by molar-refractivity contribution is 6.04. The van der Waals surface area contributed by atoms with E-state index in [1.54, 1.807) is 18.2 Å². The van der Waals surface area contributed by atoms with E-state index in [1.165, 1.54) is 0 Å². The van der Waals surface area contributed by atoms with Crippen LogP contribution in [-0.4, -0.2) is 32.7 Å². The number of nitrogens with one attached hydrogen (secondary N) is 2. The fourth-order valence-corrected chi connectivity index (χ4v) is 3.58. The molecule has 0 unspecified atom stereocenters. The molecule has 142 valence electrons. The number of fused-ring (bicyclic) bond motifs is 1. The van der Waals surface area contributed by atoms with E-state index in [9.17, 15) is 9.18 Å². The summed E-state index contributed by atoms with van der Waals surface area (Å²) in [5.41, 5.74) is 2.97. The second-order valence-corrected chi connectivity index (χ2v) is 7.20. The van der Waals surface area contributed by atoms with E-state index in [1.807, 2.05) is 22.9 Å². The molecule has 2 aromatic carbocycles. The van der Waals surface area contributed by atoms with Gasteiger partial charge in [-0.25, -0.2) is 9.07 Å². The fourth-order valence-electron chi connectivity index (χ4n) is 3.58. The van der Waals surface area contributed by atoms with Gasteiger partial charge in [0.1, 0.15) is 5.82 Å². The zero-order valence-corrected chi connectivity index (χ0v) is 15.2. The monoisotopic (exact) mass is 378 g/mol. The number of tetrazole rings is 1. The second kappa shape index (κ2) is 6.79. The van der Waals surface area contributed by atoms with Crippen molar-refractivity contribution < 1.29 is 9.18 Å². The number of nitrogens with zero attached hydrogens (tertiary/aromatic N) is 4. The van der Waals surface area contributed by atoms with Gasteiger partial charge < -0.3 is 10.6 Å². The van der Waals surface area contributed by atoms with Gasteiger partial charge in [-0.15, -0.1) is 5.10 Å². The number of carbonyl (C=O) groups is 1. The largest absolute Gasteiger partial charge is 0.322 e. The lowest BCUT2D eigenvalue weighted by Gasteiger charge is -2.19. The molecule has 0 spiro atoms. The summed E-state index contributed by atoms with van der Waals surface area (Å²) in [6, 6.07) is 11.0. The minimum atomic E-state index is -0.468. The summed E-state index contributed by atoms with van der Waals surface area (Å²) in [5.74, 6) is -0.245. The first-order valence-corrected chi connectivity index (χ1v) is 9.41. The second-order valence-electron chi connectivity index (χ2n) is 7.20. The smallest absolute Gasteiger partial charge is 0.258 e. The van der Waals surface area contributed by atoms with Crippen LogP contribution in [0.15, 0.2) is 36.4 Å². The quantitative estimate of drug-likeness (QED) is 0.729. The molecule has 0 atom stereocenters. The van der Waals surface area contributed by atoms with Gasteiger partial charge in [-0.1, -0.05) is 18.2 Å². The van der Waals surface area contributed by atoms with Crippen molar-refractivity contribution in [3.63, 3.8) is 0 Å². The molecule has 3 aromatic rings. The number of carbonyl (C=O) groups excluding carboxylic acids is 1. The molecule has 1 aromatic heterocycles. The summed E-state index contributed by atoms with van der Waals surface area (Å²) in [7, 11) is 0. The average Bonchev–Trinajstić information content (AvgIpc) is 3.45. The number of rotatable bonds is 4. The predicted octanol–water partition coefficient (Wildman–Crippen LogP) is 2.71. The standard InChI is InChI=1S/C20H19FN6O/c21-18-16(7-4-12-8-9-22-11-17(12)18)20(28)23-14-3-1-2-13(10-14)19-24-25-26-27(19)15-5-6-15/h1-4,7,10,15,22H,5-6,8-9,11H2,(H,23,28). The Labute approximate surface area is 160 Å². The van der Waals surface area contributed by atoms with Gasteiger partial charge in [0.2, 0.25) is 0 Å². The molecule has 7 nitrogen and oxygen atoms in total. The molecule has 0 bridgehead atoms. The molecule has 1 fully saturated rings. The van der Waals surface area contributed by atoms with Gasteiger partial charge in [-0.3, -0.25) is 4.79 Å². The van der Waals surface area contributed by atoms with Crippen LogP contribution < -0.4 is 10.6 Å². The number of benzene rings is 2. The van der Waals surface area contributed by atoms with Crippen molar-refractivity contribution in [2.24, 2.45) is 0 Å². The Morgan fingerprint density at radius 3 is 3.00 bits per heavy atom. The Hall–Kier alpha value is -3.13. The third-order valence-electron chi connectivity index (χ3n) is 5.22. The molecule has 0 saturated heterocycles. The van der Waals surface area contributed by atoms with Crippen molar-refractivity contribution in [2.45, 2.75) is 31.8 Å². The topological polar surface area (TPSA) is 84.7 Å². The van der Waals surface area contributed by atoms with Crippen molar-refractivity contribution in [3.05, 3.63) is 58.9 Å². The highest BCUT2D eigenvalue weighted by Crippen LogP contribution is 2.36. The van der Waals surface area contributed by atoms with Crippen LogP contribution in [0, 0.1) is 5.82 Å². The Kier molecular flexibility index (Phi) is 4.12. The van der Waals surface area contributed by atoms with E-state index in [2.05, 4.69) is 26.2 Å². The van der Waals surface area contributed by atoms with Crippen LogP contribution in [0.25, 0.3) is 11.4 Å². The molecule has 1 saturated carbocycles. The van der Waals surface area contributed by atoms with Crippen LogP contribution in [-0.2, 0) is 13.0 Å². The number of anilines is 1. The zero-order valence-electron chi connectivity index (χ0n) is 15.2. The van der Waals surface area contributed by atoms with Crippen LogP contribution >= 0.6 is 0 Å². The van der Waals surface area contributed by atoms with Crippen molar-refractivity contribution in [2.75, 3.05) is 11.9 Å². The van der Waals surface area contributed by atoms with Crippen LogP contribution in [0.5, 0.6) is 0 Å². The predicted molar refractivity (Wildman–Crippen MR) is 101 cm³/mol. The SMILES string of the molecule is O=C(Nc1cccc(-c2nnnn2C2CC2)c1)c1ccc2c(c1F)CNCC2. The van der Waals surface area contributed by atoms with E-state index in [0.717, 1.165) is 36.9 Å². The molecule has 0 radical (unpaired) electrons. The van der Waals surface area contributed by atoms with E-state index in [0.29, 0.717) is 29.7 Å². The van der Waals surface area contributed by atoms with E-state index in [4.69, 9.17) is 0 Å². The summed E-state index contributed by atoms with van der Waals surface area (Å²) >= 11 is 0. The fraction of sp³-hybridized carbons (Fsp3) is 0.300. The first-order valence-electron chi connectivity index (χ1n) is 9.41. The maximum Gasteiger partial charge on any atom is 0.258 e. The summed E-state index contributed by atoms with van der Waals surface area (Å²) in [5, 5.41) is 17.9. The third kappa shape index (κ3) is 3.05. The molecule has 28 heavy (non-hydrogen) atoms. The lowest BCUT2D eigenvalue weighted by molar-refractivity contribution is 0.102. The normalized spacial score (nSPS) is 15.9. The molecular weight excluding hydrogens is 359 g/mol.